The summed E-state index contributed by atoms with van der Waals surface area (Å²) < 4.78 is 15.9. The largest absolute Gasteiger partial charge is 0.329 e. The quantitative estimate of drug-likeness (QED) is 0.643. The third kappa shape index (κ3) is 2.20. The molecule has 3 aromatic rings. The van der Waals surface area contributed by atoms with Crippen LogP contribution in [-0.2, 0) is 0 Å². The first-order valence-corrected chi connectivity index (χ1v) is 6.86. The van der Waals surface area contributed by atoms with Crippen LogP contribution in [0.25, 0.3) is 16.9 Å². The van der Waals surface area contributed by atoms with Crippen LogP contribution in [0.2, 0.25) is 5.02 Å². The van der Waals surface area contributed by atoms with Gasteiger partial charge in [-0.1, -0.05) is 11.6 Å². The Hall–Kier alpha value is -1.24. The van der Waals surface area contributed by atoms with E-state index in [-0.39, 0.29) is 5.82 Å². The Balaban J connectivity index is 2.36. The van der Waals surface area contributed by atoms with Gasteiger partial charge >= 0.3 is 0 Å². The minimum absolute atomic E-state index is 0.321. The predicted molar refractivity (Wildman–Crippen MR) is 78.9 cm³/mol. The summed E-state index contributed by atoms with van der Waals surface area (Å²) in [6.45, 7) is 0. The van der Waals surface area contributed by atoms with Crippen molar-refractivity contribution in [2.45, 2.75) is 0 Å². The molecule has 0 fully saturated rings. The molecule has 0 spiro atoms. The number of hydrogen-bond donors (Lipinski definition) is 1. The molecule has 96 valence electrons. The standard InChI is InChI=1S/C12H6BrClFN3S/c13-8-4-7(15)1-2-10(8)18-11-9(17-12(18)19)3-6(14)5-16-11/h1-5H,(H,17,19). The molecule has 0 radical (unpaired) electrons. The van der Waals surface area contributed by atoms with Crippen LogP contribution in [-0.4, -0.2) is 14.5 Å². The van der Waals surface area contributed by atoms with Gasteiger partial charge < -0.3 is 4.98 Å². The first-order chi connectivity index (χ1) is 9.06. The number of aromatic amines is 1. The summed E-state index contributed by atoms with van der Waals surface area (Å²) in [6, 6.07) is 6.13. The second kappa shape index (κ2) is 4.70. The molecule has 0 unspecified atom stereocenters. The maximum Gasteiger partial charge on any atom is 0.184 e. The Kier molecular flexibility index (Phi) is 3.16. The molecule has 3 rings (SSSR count). The topological polar surface area (TPSA) is 33.6 Å². The zero-order chi connectivity index (χ0) is 13.6. The highest BCUT2D eigenvalue weighted by molar-refractivity contribution is 9.10. The fraction of sp³-hybridized carbons (Fsp3) is 0. The maximum absolute atomic E-state index is 13.2. The number of rotatable bonds is 1. The normalized spacial score (nSPS) is 11.1. The second-order valence-electron chi connectivity index (χ2n) is 3.89. The molecule has 0 atom stereocenters. The number of halogens is 3. The van der Waals surface area contributed by atoms with Crippen molar-refractivity contribution in [2.24, 2.45) is 0 Å². The van der Waals surface area contributed by atoms with E-state index in [0.29, 0.717) is 25.6 Å². The highest BCUT2D eigenvalue weighted by Crippen LogP contribution is 2.26. The fourth-order valence-electron chi connectivity index (χ4n) is 1.86. The molecule has 7 heteroatoms. The Bertz CT molecular complexity index is 843. The minimum Gasteiger partial charge on any atom is -0.329 e. The average molecular weight is 359 g/mol. The molecule has 0 aliphatic rings. The number of nitrogens with zero attached hydrogens (tertiary/aromatic N) is 2. The smallest absolute Gasteiger partial charge is 0.184 e. The van der Waals surface area contributed by atoms with E-state index in [4.69, 9.17) is 23.8 Å². The maximum atomic E-state index is 13.2. The third-order valence-electron chi connectivity index (χ3n) is 2.64. The van der Waals surface area contributed by atoms with Crippen molar-refractivity contribution in [3.05, 3.63) is 50.5 Å². The van der Waals surface area contributed by atoms with Crippen molar-refractivity contribution in [3.8, 4) is 5.69 Å². The minimum atomic E-state index is -0.321. The van der Waals surface area contributed by atoms with E-state index in [1.807, 2.05) is 0 Å². The predicted octanol–water partition coefficient (Wildman–Crippen LogP) is 4.64. The Morgan fingerprint density at radius 2 is 2.16 bits per heavy atom. The zero-order valence-electron chi connectivity index (χ0n) is 9.32. The number of fused-ring (bicyclic) bond motifs is 1. The number of hydrogen-bond acceptors (Lipinski definition) is 2. The van der Waals surface area contributed by atoms with Crippen LogP contribution in [0.1, 0.15) is 0 Å². The number of pyridine rings is 1. The van der Waals surface area contributed by atoms with E-state index >= 15 is 0 Å². The SMILES string of the molecule is Fc1ccc(-n2c(=S)[nH]c3cc(Cl)cnc32)c(Br)c1. The molecule has 2 heterocycles. The van der Waals surface area contributed by atoms with Crippen LogP contribution in [0.4, 0.5) is 4.39 Å². The van der Waals surface area contributed by atoms with Crippen LogP contribution < -0.4 is 0 Å². The number of nitrogens with one attached hydrogen (secondary N) is 1. The second-order valence-corrected chi connectivity index (χ2v) is 5.56. The molecule has 0 amide bonds. The number of benzene rings is 1. The van der Waals surface area contributed by atoms with Gasteiger partial charge in [0.1, 0.15) is 5.82 Å². The molecule has 1 aromatic carbocycles. The van der Waals surface area contributed by atoms with Gasteiger partial charge in [-0.3, -0.25) is 4.57 Å². The van der Waals surface area contributed by atoms with E-state index in [1.54, 1.807) is 22.9 Å². The lowest BCUT2D eigenvalue weighted by atomic mass is 10.3. The molecule has 0 saturated heterocycles. The summed E-state index contributed by atoms with van der Waals surface area (Å²) in [5.74, 6) is -0.321. The van der Waals surface area contributed by atoms with Gasteiger partial charge in [0.15, 0.2) is 10.4 Å². The molecule has 0 aliphatic carbocycles. The van der Waals surface area contributed by atoms with Crippen LogP contribution in [0.5, 0.6) is 0 Å². The van der Waals surface area contributed by atoms with Gasteiger partial charge in [-0.25, -0.2) is 9.37 Å². The zero-order valence-corrected chi connectivity index (χ0v) is 12.5. The third-order valence-corrected chi connectivity index (χ3v) is 3.77. The van der Waals surface area contributed by atoms with Crippen LogP contribution in [0, 0.1) is 10.6 Å². The number of H-pyrrole nitrogens is 1. The lowest BCUT2D eigenvalue weighted by Crippen LogP contribution is -1.97. The average Bonchev–Trinajstić information content (AvgIpc) is 2.65. The molecule has 3 nitrogen and oxygen atoms in total. The van der Waals surface area contributed by atoms with Crippen LogP contribution >= 0.6 is 39.7 Å². The van der Waals surface area contributed by atoms with E-state index in [1.165, 1.54) is 12.1 Å². The van der Waals surface area contributed by atoms with Crippen molar-refractivity contribution in [2.75, 3.05) is 0 Å². The molecule has 19 heavy (non-hydrogen) atoms. The number of imidazole rings is 1. The lowest BCUT2D eigenvalue weighted by Gasteiger charge is -2.06. The molecule has 0 aliphatic heterocycles. The molecule has 1 N–H and O–H groups in total. The van der Waals surface area contributed by atoms with E-state index in [9.17, 15) is 4.39 Å². The van der Waals surface area contributed by atoms with Gasteiger partial charge in [0.25, 0.3) is 0 Å². The van der Waals surface area contributed by atoms with Crippen molar-refractivity contribution < 1.29 is 4.39 Å². The van der Waals surface area contributed by atoms with Gasteiger partial charge in [-0.15, -0.1) is 0 Å². The van der Waals surface area contributed by atoms with Crippen LogP contribution in [0.3, 0.4) is 0 Å². The van der Waals surface area contributed by atoms with Gasteiger partial charge in [0.2, 0.25) is 0 Å². The van der Waals surface area contributed by atoms with E-state index in [0.717, 1.165) is 5.52 Å². The lowest BCUT2D eigenvalue weighted by molar-refractivity contribution is 0.626. The van der Waals surface area contributed by atoms with Gasteiger partial charge in [0.05, 0.1) is 16.2 Å². The molecular weight excluding hydrogens is 353 g/mol. The molecule has 0 saturated carbocycles. The molecule has 2 aromatic heterocycles. The van der Waals surface area contributed by atoms with Gasteiger partial charge in [0, 0.05) is 10.7 Å². The van der Waals surface area contributed by atoms with Crippen LogP contribution in [0.15, 0.2) is 34.9 Å². The van der Waals surface area contributed by atoms with Crippen molar-refractivity contribution in [1.29, 1.82) is 0 Å². The molecular formula is C12H6BrClFN3S. The highest BCUT2D eigenvalue weighted by atomic mass is 79.9. The summed E-state index contributed by atoms with van der Waals surface area (Å²) in [7, 11) is 0. The summed E-state index contributed by atoms with van der Waals surface area (Å²) >= 11 is 14.5. The Labute approximate surface area is 126 Å². The monoisotopic (exact) mass is 357 g/mol. The van der Waals surface area contributed by atoms with E-state index in [2.05, 4.69) is 25.9 Å². The Morgan fingerprint density at radius 1 is 1.37 bits per heavy atom. The van der Waals surface area contributed by atoms with E-state index < -0.39 is 0 Å². The Morgan fingerprint density at radius 3 is 2.89 bits per heavy atom. The molecule has 0 bridgehead atoms. The summed E-state index contributed by atoms with van der Waals surface area (Å²) in [6.07, 6.45) is 1.54. The van der Waals surface area contributed by atoms with Crippen molar-refractivity contribution >= 4 is 50.9 Å². The first-order valence-electron chi connectivity index (χ1n) is 5.28. The summed E-state index contributed by atoms with van der Waals surface area (Å²) in [5, 5.41) is 0.522. The summed E-state index contributed by atoms with van der Waals surface area (Å²) in [5.41, 5.74) is 2.09. The summed E-state index contributed by atoms with van der Waals surface area (Å²) in [4.78, 5) is 7.28. The first kappa shape index (κ1) is 12.8. The number of aromatic nitrogens is 3. The van der Waals surface area contributed by atoms with Crippen molar-refractivity contribution in [1.82, 2.24) is 14.5 Å². The van der Waals surface area contributed by atoms with Gasteiger partial charge in [-0.05, 0) is 52.4 Å². The highest BCUT2D eigenvalue weighted by Gasteiger charge is 2.11. The van der Waals surface area contributed by atoms with Gasteiger partial charge in [-0.2, -0.15) is 0 Å². The fourth-order valence-corrected chi connectivity index (χ4v) is 2.84. The van der Waals surface area contributed by atoms with Crippen molar-refractivity contribution in [3.63, 3.8) is 0 Å².